The molecule has 0 saturated heterocycles. The van der Waals surface area contributed by atoms with E-state index in [1.807, 2.05) is 41.1 Å². The predicted octanol–water partition coefficient (Wildman–Crippen LogP) is 4.66. The summed E-state index contributed by atoms with van der Waals surface area (Å²) in [6.45, 7) is 1.65. The van der Waals surface area contributed by atoms with Crippen LogP contribution in [0.3, 0.4) is 0 Å². The third-order valence-corrected chi connectivity index (χ3v) is 5.99. The van der Waals surface area contributed by atoms with E-state index < -0.39 is 5.24 Å². The summed E-state index contributed by atoms with van der Waals surface area (Å²) in [5.74, 6) is 0.645. The molecule has 2 aromatic carbocycles. The number of aromatic nitrogens is 2. The monoisotopic (exact) mass is 444 g/mol. The molecule has 0 spiro atoms. The third kappa shape index (κ3) is 4.45. The summed E-state index contributed by atoms with van der Waals surface area (Å²) in [7, 11) is 1.63. The van der Waals surface area contributed by atoms with E-state index >= 15 is 0 Å². The predicted molar refractivity (Wildman–Crippen MR) is 116 cm³/mol. The number of ether oxygens (including phenoxy) is 3. The second-order valence-electron chi connectivity index (χ2n) is 6.68. The van der Waals surface area contributed by atoms with Crippen LogP contribution in [-0.4, -0.2) is 42.1 Å². The Morgan fingerprint density at radius 3 is 2.77 bits per heavy atom. The number of benzene rings is 2. The number of nitrogens with zero attached hydrogens (tertiary/aromatic N) is 2. The van der Waals surface area contributed by atoms with Crippen LogP contribution in [0.5, 0.6) is 0 Å². The van der Waals surface area contributed by atoms with Gasteiger partial charge in [-0.2, -0.15) is 5.10 Å². The molecule has 8 heteroatoms. The van der Waals surface area contributed by atoms with Gasteiger partial charge in [0, 0.05) is 28.9 Å². The largest absolute Gasteiger partial charge is 0.382 e. The van der Waals surface area contributed by atoms with Crippen LogP contribution >= 0.6 is 23.4 Å². The molecule has 0 atom stereocenters. The Labute approximate surface area is 184 Å². The summed E-state index contributed by atoms with van der Waals surface area (Å²) in [5, 5.41) is 4.01. The number of carbonyl (C=O) groups excluding carboxylic acids is 1. The van der Waals surface area contributed by atoms with Crippen molar-refractivity contribution in [3.05, 3.63) is 65.4 Å². The number of rotatable bonds is 9. The fourth-order valence-corrected chi connectivity index (χ4v) is 4.53. The van der Waals surface area contributed by atoms with Crippen molar-refractivity contribution in [1.29, 1.82) is 0 Å². The number of hydrogen-bond acceptors (Lipinski definition) is 6. The summed E-state index contributed by atoms with van der Waals surface area (Å²) in [6, 6.07) is 16.0. The van der Waals surface area contributed by atoms with Crippen molar-refractivity contribution >= 4 is 28.6 Å². The van der Waals surface area contributed by atoms with Gasteiger partial charge in [-0.15, -0.1) is 11.8 Å². The SMILES string of the molecule is COCCOCOCc1ccc2c(c1)-c1c(c(C(=O)Cl)nn1-c1ccccc1)CS2. The Morgan fingerprint density at radius 1 is 1.17 bits per heavy atom. The second kappa shape index (κ2) is 9.76. The number of thioether (sulfide) groups is 1. The quantitative estimate of drug-likeness (QED) is 0.272. The lowest BCUT2D eigenvalue weighted by Crippen LogP contribution is -2.06. The van der Waals surface area contributed by atoms with Crippen LogP contribution in [0.1, 0.15) is 21.6 Å². The highest BCUT2D eigenvalue weighted by molar-refractivity contribution is 7.98. The lowest BCUT2D eigenvalue weighted by molar-refractivity contribution is -0.0724. The van der Waals surface area contributed by atoms with Crippen LogP contribution in [0.25, 0.3) is 16.9 Å². The zero-order valence-corrected chi connectivity index (χ0v) is 18.0. The molecule has 0 fully saturated rings. The van der Waals surface area contributed by atoms with Gasteiger partial charge < -0.3 is 14.2 Å². The maximum absolute atomic E-state index is 12.0. The molecule has 156 valence electrons. The maximum Gasteiger partial charge on any atom is 0.273 e. The van der Waals surface area contributed by atoms with Crippen LogP contribution in [0.4, 0.5) is 0 Å². The number of methoxy groups -OCH3 is 1. The average molecular weight is 445 g/mol. The van der Waals surface area contributed by atoms with Crippen molar-refractivity contribution in [3.8, 4) is 16.9 Å². The minimum atomic E-state index is -0.544. The van der Waals surface area contributed by atoms with Crippen LogP contribution in [0.2, 0.25) is 0 Å². The van der Waals surface area contributed by atoms with Crippen molar-refractivity contribution in [2.24, 2.45) is 0 Å². The molecular weight excluding hydrogens is 424 g/mol. The molecule has 2 heterocycles. The van der Waals surface area contributed by atoms with Crippen LogP contribution in [0, 0.1) is 0 Å². The Bertz CT molecular complexity index is 1040. The summed E-state index contributed by atoms with van der Waals surface area (Å²) in [5.41, 5.74) is 4.97. The Balaban J connectivity index is 1.66. The third-order valence-electron chi connectivity index (χ3n) is 4.71. The molecule has 1 aliphatic rings. The fraction of sp³-hybridized carbons (Fsp3) is 0.273. The molecule has 1 aliphatic heterocycles. The average Bonchev–Trinajstić information content (AvgIpc) is 3.17. The van der Waals surface area contributed by atoms with E-state index in [1.165, 1.54) is 0 Å². The molecule has 6 nitrogen and oxygen atoms in total. The number of hydrogen-bond donors (Lipinski definition) is 0. The normalized spacial score (nSPS) is 12.5. The number of fused-ring (bicyclic) bond motifs is 3. The molecule has 3 aromatic rings. The molecule has 0 radical (unpaired) electrons. The molecule has 30 heavy (non-hydrogen) atoms. The van der Waals surface area contributed by atoms with Gasteiger partial charge in [-0.1, -0.05) is 24.3 Å². The molecule has 0 amide bonds. The van der Waals surface area contributed by atoms with Gasteiger partial charge in [-0.05, 0) is 41.4 Å². The molecule has 0 bridgehead atoms. The first-order valence-corrected chi connectivity index (χ1v) is 10.8. The van der Waals surface area contributed by atoms with Gasteiger partial charge in [0.15, 0.2) is 0 Å². The molecule has 0 saturated carbocycles. The molecule has 4 rings (SSSR count). The first-order valence-electron chi connectivity index (χ1n) is 9.46. The van der Waals surface area contributed by atoms with Gasteiger partial charge in [0.1, 0.15) is 12.5 Å². The lowest BCUT2D eigenvalue weighted by atomic mass is 10.0. The zero-order chi connectivity index (χ0) is 20.9. The van der Waals surface area contributed by atoms with Gasteiger partial charge in [-0.25, -0.2) is 4.68 Å². The Morgan fingerprint density at radius 2 is 2.00 bits per heavy atom. The Hall–Kier alpha value is -2.16. The molecular formula is C22H21ClN2O4S. The Kier molecular flexibility index (Phi) is 6.86. The van der Waals surface area contributed by atoms with Crippen LogP contribution in [-0.2, 0) is 26.6 Å². The van der Waals surface area contributed by atoms with E-state index in [4.69, 9.17) is 25.8 Å². The van der Waals surface area contributed by atoms with Crippen molar-refractivity contribution < 1.29 is 19.0 Å². The summed E-state index contributed by atoms with van der Waals surface area (Å²) < 4.78 is 17.7. The smallest absolute Gasteiger partial charge is 0.273 e. The van der Waals surface area contributed by atoms with Crippen molar-refractivity contribution in [2.75, 3.05) is 27.1 Å². The van der Waals surface area contributed by atoms with E-state index in [2.05, 4.69) is 17.2 Å². The summed E-state index contributed by atoms with van der Waals surface area (Å²) in [4.78, 5) is 13.2. The topological polar surface area (TPSA) is 62.6 Å². The van der Waals surface area contributed by atoms with Gasteiger partial charge in [-0.3, -0.25) is 4.79 Å². The zero-order valence-electron chi connectivity index (χ0n) is 16.5. The molecule has 0 aliphatic carbocycles. The second-order valence-corrected chi connectivity index (χ2v) is 8.04. The van der Waals surface area contributed by atoms with Crippen molar-refractivity contribution in [2.45, 2.75) is 17.3 Å². The standard InChI is InChI=1S/C22H21ClN2O4S/c1-27-9-10-28-14-29-12-15-7-8-19-17(11-15)21-18(13-30-19)20(22(23)26)24-25(21)16-5-3-2-4-6-16/h2-8,11H,9-10,12-14H2,1H3. The van der Waals surface area contributed by atoms with Gasteiger partial charge in [0.05, 0.1) is 31.2 Å². The fourth-order valence-electron chi connectivity index (χ4n) is 3.33. The molecule has 1 aromatic heterocycles. The number of halogens is 1. The van der Waals surface area contributed by atoms with E-state index in [0.29, 0.717) is 31.3 Å². The van der Waals surface area contributed by atoms with E-state index in [0.717, 1.165) is 33.0 Å². The minimum Gasteiger partial charge on any atom is -0.382 e. The first kappa shape index (κ1) is 21.1. The highest BCUT2D eigenvalue weighted by atomic mass is 35.5. The highest BCUT2D eigenvalue weighted by Gasteiger charge is 2.28. The van der Waals surface area contributed by atoms with Gasteiger partial charge in [0.25, 0.3) is 5.24 Å². The maximum atomic E-state index is 12.0. The van der Waals surface area contributed by atoms with Gasteiger partial charge >= 0.3 is 0 Å². The van der Waals surface area contributed by atoms with E-state index in [-0.39, 0.29) is 6.79 Å². The first-order chi connectivity index (χ1) is 14.7. The highest BCUT2D eigenvalue weighted by Crippen LogP contribution is 2.44. The van der Waals surface area contributed by atoms with Gasteiger partial charge in [0.2, 0.25) is 0 Å². The lowest BCUT2D eigenvalue weighted by Gasteiger charge is -2.19. The number of para-hydroxylation sites is 1. The van der Waals surface area contributed by atoms with E-state index in [9.17, 15) is 4.79 Å². The van der Waals surface area contributed by atoms with Crippen molar-refractivity contribution in [1.82, 2.24) is 9.78 Å². The van der Waals surface area contributed by atoms with Crippen LogP contribution < -0.4 is 0 Å². The van der Waals surface area contributed by atoms with Crippen molar-refractivity contribution in [3.63, 3.8) is 0 Å². The summed E-state index contributed by atoms with van der Waals surface area (Å²) >= 11 is 7.53. The minimum absolute atomic E-state index is 0.202. The summed E-state index contributed by atoms with van der Waals surface area (Å²) in [6.07, 6.45) is 0. The molecule has 0 N–H and O–H groups in total. The number of carbonyl (C=O) groups is 1. The van der Waals surface area contributed by atoms with E-state index in [1.54, 1.807) is 18.9 Å². The molecule has 0 unspecified atom stereocenters. The van der Waals surface area contributed by atoms with Crippen LogP contribution in [0.15, 0.2) is 53.4 Å².